The normalized spacial score (nSPS) is 23.9. The second-order valence-corrected chi connectivity index (χ2v) is 6.79. The monoisotopic (exact) mass is 371 g/mol. The molecule has 0 N–H and O–H groups in total. The Morgan fingerprint density at radius 3 is 2.00 bits per heavy atom. The standard InChI is InChI=1S/C22H17N3O3/c26-21-18-19(15-11-13-23-14-12-15)25(17-9-5-2-6-10-17)28-20(18)22(27)24(21)16-7-3-1-4-8-16/h1-14,18-20H/t18-,19-,20-/m0/s1. The summed E-state index contributed by atoms with van der Waals surface area (Å²) in [5.74, 6) is -1.21. The Balaban J connectivity index is 1.59. The highest BCUT2D eigenvalue weighted by molar-refractivity contribution is 6.23. The van der Waals surface area contributed by atoms with Gasteiger partial charge in [-0.15, -0.1) is 0 Å². The predicted molar refractivity (Wildman–Crippen MR) is 103 cm³/mol. The lowest BCUT2D eigenvalue weighted by Crippen LogP contribution is -2.37. The van der Waals surface area contributed by atoms with Gasteiger partial charge in [-0.2, -0.15) is 0 Å². The van der Waals surface area contributed by atoms with Crippen molar-refractivity contribution in [2.45, 2.75) is 12.1 Å². The van der Waals surface area contributed by atoms with E-state index in [0.29, 0.717) is 5.69 Å². The smallest absolute Gasteiger partial charge is 0.266 e. The highest BCUT2D eigenvalue weighted by atomic mass is 16.7. The van der Waals surface area contributed by atoms with E-state index in [2.05, 4.69) is 4.98 Å². The molecule has 0 unspecified atom stereocenters. The van der Waals surface area contributed by atoms with Crippen LogP contribution in [0.5, 0.6) is 0 Å². The molecular weight excluding hydrogens is 354 g/mol. The molecule has 3 heterocycles. The van der Waals surface area contributed by atoms with E-state index in [1.807, 2.05) is 60.7 Å². The number of anilines is 2. The van der Waals surface area contributed by atoms with E-state index in [-0.39, 0.29) is 11.8 Å². The van der Waals surface area contributed by atoms with E-state index in [1.165, 1.54) is 4.90 Å². The molecule has 2 aliphatic heterocycles. The summed E-state index contributed by atoms with van der Waals surface area (Å²) in [7, 11) is 0. The fourth-order valence-corrected chi connectivity index (χ4v) is 3.94. The lowest BCUT2D eigenvalue weighted by Gasteiger charge is -2.28. The summed E-state index contributed by atoms with van der Waals surface area (Å²) in [4.78, 5) is 37.8. The number of nitrogens with zero attached hydrogens (tertiary/aromatic N) is 3. The van der Waals surface area contributed by atoms with Crippen LogP contribution in [0.4, 0.5) is 11.4 Å². The van der Waals surface area contributed by atoms with Crippen LogP contribution >= 0.6 is 0 Å². The van der Waals surface area contributed by atoms with Gasteiger partial charge in [0.1, 0.15) is 5.92 Å². The molecule has 2 amide bonds. The van der Waals surface area contributed by atoms with Crippen LogP contribution in [0.15, 0.2) is 85.2 Å². The Morgan fingerprint density at radius 2 is 1.36 bits per heavy atom. The fraction of sp³-hybridized carbons (Fsp3) is 0.136. The van der Waals surface area contributed by atoms with Gasteiger partial charge < -0.3 is 0 Å². The number of benzene rings is 2. The minimum Gasteiger partial charge on any atom is -0.273 e. The molecule has 28 heavy (non-hydrogen) atoms. The van der Waals surface area contributed by atoms with Crippen molar-refractivity contribution in [1.29, 1.82) is 0 Å². The van der Waals surface area contributed by atoms with Crippen molar-refractivity contribution < 1.29 is 14.4 Å². The minimum absolute atomic E-state index is 0.249. The summed E-state index contributed by atoms with van der Waals surface area (Å²) in [5, 5.41) is 1.68. The summed E-state index contributed by atoms with van der Waals surface area (Å²) in [6, 6.07) is 21.8. The first kappa shape index (κ1) is 16.6. The molecule has 3 aromatic rings. The topological polar surface area (TPSA) is 62.7 Å². The van der Waals surface area contributed by atoms with Crippen LogP contribution in [0.2, 0.25) is 0 Å². The molecule has 1 aromatic heterocycles. The molecule has 2 fully saturated rings. The molecule has 0 bridgehead atoms. The Morgan fingerprint density at radius 1 is 0.750 bits per heavy atom. The molecule has 6 heteroatoms. The van der Waals surface area contributed by atoms with Gasteiger partial charge >= 0.3 is 0 Å². The van der Waals surface area contributed by atoms with Gasteiger partial charge in [0, 0.05) is 12.4 Å². The lowest BCUT2D eigenvalue weighted by molar-refractivity contribution is -0.126. The van der Waals surface area contributed by atoms with Gasteiger partial charge in [-0.3, -0.25) is 19.4 Å². The van der Waals surface area contributed by atoms with Crippen molar-refractivity contribution in [3.8, 4) is 0 Å². The minimum atomic E-state index is -0.855. The molecular formula is C22H17N3O3. The molecule has 0 aliphatic carbocycles. The number of fused-ring (bicyclic) bond motifs is 1. The van der Waals surface area contributed by atoms with Crippen LogP contribution < -0.4 is 9.96 Å². The zero-order chi connectivity index (χ0) is 19.1. The van der Waals surface area contributed by atoms with Gasteiger partial charge in [0.05, 0.1) is 17.4 Å². The number of hydroxylamine groups is 1. The van der Waals surface area contributed by atoms with Crippen molar-refractivity contribution >= 4 is 23.2 Å². The van der Waals surface area contributed by atoms with Crippen LogP contribution in [0.25, 0.3) is 0 Å². The SMILES string of the molecule is O=C1[C@@H]2[C@H](ON(c3ccccc3)[C@H]2c2ccncc2)C(=O)N1c1ccccc1. The third-order valence-corrected chi connectivity index (χ3v) is 5.19. The van der Waals surface area contributed by atoms with Crippen LogP contribution in [-0.4, -0.2) is 22.9 Å². The first-order chi connectivity index (χ1) is 13.8. The van der Waals surface area contributed by atoms with Crippen LogP contribution in [0.3, 0.4) is 0 Å². The first-order valence-corrected chi connectivity index (χ1v) is 9.09. The summed E-state index contributed by atoms with van der Waals surface area (Å²) in [5.41, 5.74) is 2.24. The van der Waals surface area contributed by atoms with E-state index in [1.54, 1.807) is 29.6 Å². The number of imide groups is 1. The highest BCUT2D eigenvalue weighted by Crippen LogP contribution is 2.47. The predicted octanol–water partition coefficient (Wildman–Crippen LogP) is 3.13. The Kier molecular flexibility index (Phi) is 3.91. The molecule has 3 atom stereocenters. The zero-order valence-electron chi connectivity index (χ0n) is 14.9. The molecule has 2 saturated heterocycles. The summed E-state index contributed by atoms with van der Waals surface area (Å²) < 4.78 is 0. The first-order valence-electron chi connectivity index (χ1n) is 9.09. The van der Waals surface area contributed by atoms with E-state index < -0.39 is 18.1 Å². The molecule has 6 nitrogen and oxygen atoms in total. The molecule has 5 rings (SSSR count). The molecule has 0 radical (unpaired) electrons. The van der Waals surface area contributed by atoms with E-state index in [4.69, 9.17) is 4.84 Å². The van der Waals surface area contributed by atoms with Crippen molar-refractivity contribution in [3.63, 3.8) is 0 Å². The summed E-state index contributed by atoms with van der Waals surface area (Å²) in [6.45, 7) is 0. The third kappa shape index (κ3) is 2.50. The Hall–Kier alpha value is -3.51. The van der Waals surface area contributed by atoms with Gasteiger partial charge in [0.25, 0.3) is 5.91 Å². The number of carbonyl (C=O) groups is 2. The largest absolute Gasteiger partial charge is 0.273 e. The van der Waals surface area contributed by atoms with E-state index in [0.717, 1.165) is 11.3 Å². The maximum absolute atomic E-state index is 13.3. The van der Waals surface area contributed by atoms with Gasteiger partial charge in [-0.05, 0) is 42.0 Å². The van der Waals surface area contributed by atoms with Crippen LogP contribution in [0.1, 0.15) is 11.6 Å². The molecule has 0 spiro atoms. The molecule has 0 saturated carbocycles. The average Bonchev–Trinajstić information content (AvgIpc) is 3.26. The van der Waals surface area contributed by atoms with Gasteiger partial charge in [0.15, 0.2) is 6.10 Å². The zero-order valence-corrected chi connectivity index (χ0v) is 14.9. The van der Waals surface area contributed by atoms with E-state index >= 15 is 0 Å². The second kappa shape index (κ2) is 6.58. The van der Waals surface area contributed by atoms with E-state index in [9.17, 15) is 9.59 Å². The molecule has 2 aliphatic rings. The maximum Gasteiger partial charge on any atom is 0.266 e. The van der Waals surface area contributed by atoms with Gasteiger partial charge in [-0.25, -0.2) is 9.96 Å². The quantitative estimate of drug-likeness (QED) is 0.662. The van der Waals surface area contributed by atoms with Crippen LogP contribution in [-0.2, 0) is 14.4 Å². The molecule has 138 valence electrons. The van der Waals surface area contributed by atoms with Crippen molar-refractivity contribution in [2.24, 2.45) is 5.92 Å². The number of aromatic nitrogens is 1. The number of hydrogen-bond donors (Lipinski definition) is 0. The van der Waals surface area contributed by atoms with Crippen molar-refractivity contribution in [2.75, 3.05) is 9.96 Å². The average molecular weight is 371 g/mol. The highest BCUT2D eigenvalue weighted by Gasteiger charge is 2.60. The number of hydrogen-bond acceptors (Lipinski definition) is 5. The number of amides is 2. The maximum atomic E-state index is 13.3. The lowest BCUT2D eigenvalue weighted by atomic mass is 9.91. The number of carbonyl (C=O) groups excluding carboxylic acids is 2. The fourth-order valence-electron chi connectivity index (χ4n) is 3.94. The Labute approximate surface area is 161 Å². The summed E-state index contributed by atoms with van der Waals surface area (Å²) >= 11 is 0. The van der Waals surface area contributed by atoms with Crippen molar-refractivity contribution in [1.82, 2.24) is 4.98 Å². The van der Waals surface area contributed by atoms with Crippen LogP contribution in [0, 0.1) is 5.92 Å². The second-order valence-electron chi connectivity index (χ2n) is 6.79. The van der Waals surface area contributed by atoms with Gasteiger partial charge in [-0.1, -0.05) is 36.4 Å². The number of rotatable bonds is 3. The van der Waals surface area contributed by atoms with Gasteiger partial charge in [0.2, 0.25) is 5.91 Å². The Bertz CT molecular complexity index is 1010. The molecule has 2 aromatic carbocycles. The summed E-state index contributed by atoms with van der Waals surface area (Å²) in [6.07, 6.45) is 2.51. The van der Waals surface area contributed by atoms with Crippen molar-refractivity contribution in [3.05, 3.63) is 90.8 Å². The third-order valence-electron chi connectivity index (χ3n) is 5.19. The number of pyridine rings is 1. The number of para-hydroxylation sites is 2.